The van der Waals surface area contributed by atoms with Crippen molar-refractivity contribution >= 4 is 27.8 Å². The summed E-state index contributed by atoms with van der Waals surface area (Å²) in [6, 6.07) is 4.31. The molecule has 1 aliphatic rings. The molecule has 1 saturated carbocycles. The smallest absolute Gasteiger partial charge is 0.410 e. The Kier molecular flexibility index (Phi) is 7.62. The highest BCUT2D eigenvalue weighted by Crippen LogP contribution is 2.32. The number of benzene rings is 1. The van der Waals surface area contributed by atoms with Crippen LogP contribution in [0.15, 0.2) is 28.9 Å². The molecule has 0 bridgehead atoms. The molecule has 0 radical (unpaired) electrons. The summed E-state index contributed by atoms with van der Waals surface area (Å²) in [4.78, 5) is 18.0. The van der Waals surface area contributed by atoms with Crippen LogP contribution in [0.25, 0.3) is 17.1 Å². The van der Waals surface area contributed by atoms with Gasteiger partial charge >= 0.3 is 6.09 Å². The summed E-state index contributed by atoms with van der Waals surface area (Å²) in [5, 5.41) is 11.3. The number of nitrogen functional groups attached to an aromatic ring is 1. The molecule has 2 aromatic heterocycles. The Balaban J connectivity index is 1.46. The van der Waals surface area contributed by atoms with E-state index < -0.39 is 17.2 Å². The van der Waals surface area contributed by atoms with Gasteiger partial charge < -0.3 is 20.1 Å². The second kappa shape index (κ2) is 10.6. The van der Waals surface area contributed by atoms with E-state index in [0.717, 1.165) is 4.68 Å². The van der Waals surface area contributed by atoms with Crippen LogP contribution in [0.3, 0.4) is 0 Å². The van der Waals surface area contributed by atoms with Crippen molar-refractivity contribution in [3.05, 3.63) is 40.5 Å². The number of nitrogens with two attached hydrogens (primary N) is 1. The summed E-state index contributed by atoms with van der Waals surface area (Å²) in [7, 11) is 1.71. The van der Waals surface area contributed by atoms with Crippen molar-refractivity contribution in [2.45, 2.75) is 64.2 Å². The fourth-order valence-electron chi connectivity index (χ4n) is 4.14. The number of ether oxygens (including phenoxy) is 2. The number of pyridine rings is 1. The SMILES string of the molecule is CN(C(=O)OC(C)(C)C)C1CCC(Oc2ccc(-n3nnnc3-c3cc(Br)cnc3N)c(F)c2F)CC1. The number of tetrazole rings is 1. The summed E-state index contributed by atoms with van der Waals surface area (Å²) >= 11 is 3.30. The van der Waals surface area contributed by atoms with E-state index in [-0.39, 0.29) is 41.3 Å². The number of carbonyl (C=O) groups is 1. The third-order valence-corrected chi connectivity index (χ3v) is 6.45. The topological polar surface area (TPSA) is 121 Å². The molecule has 10 nitrogen and oxygen atoms in total. The van der Waals surface area contributed by atoms with E-state index in [1.807, 2.05) is 20.8 Å². The van der Waals surface area contributed by atoms with Crippen LogP contribution >= 0.6 is 15.9 Å². The van der Waals surface area contributed by atoms with Crippen LogP contribution in [-0.2, 0) is 4.74 Å². The zero-order chi connectivity index (χ0) is 26.9. The first kappa shape index (κ1) is 26.7. The van der Waals surface area contributed by atoms with Gasteiger partial charge in [-0.15, -0.1) is 5.10 Å². The second-order valence-corrected chi connectivity index (χ2v) is 10.8. The van der Waals surface area contributed by atoms with Gasteiger partial charge in [0.05, 0.1) is 11.7 Å². The van der Waals surface area contributed by atoms with Crippen LogP contribution in [0, 0.1) is 11.6 Å². The maximum Gasteiger partial charge on any atom is 0.410 e. The maximum atomic E-state index is 15.2. The largest absolute Gasteiger partial charge is 0.487 e. The Bertz CT molecular complexity index is 1290. The molecule has 4 rings (SSSR count). The van der Waals surface area contributed by atoms with Gasteiger partial charge in [-0.25, -0.2) is 14.2 Å². The molecular weight excluding hydrogens is 552 g/mol. The van der Waals surface area contributed by atoms with Gasteiger partial charge in [0.2, 0.25) is 5.82 Å². The molecule has 198 valence electrons. The molecule has 37 heavy (non-hydrogen) atoms. The van der Waals surface area contributed by atoms with E-state index >= 15 is 8.78 Å². The van der Waals surface area contributed by atoms with Crippen molar-refractivity contribution < 1.29 is 23.0 Å². The van der Waals surface area contributed by atoms with E-state index in [1.165, 1.54) is 18.3 Å². The molecule has 0 unspecified atom stereocenters. The van der Waals surface area contributed by atoms with Crippen LogP contribution < -0.4 is 10.5 Å². The van der Waals surface area contributed by atoms with Crippen molar-refractivity contribution in [2.24, 2.45) is 0 Å². The van der Waals surface area contributed by atoms with Gasteiger partial charge in [-0.05, 0) is 91.0 Å². The van der Waals surface area contributed by atoms with Crippen molar-refractivity contribution in [2.75, 3.05) is 12.8 Å². The standard InChI is InChI=1S/C24H28BrF2N7O3/c1-24(2,3)37-23(35)33(4)14-5-7-15(8-6-14)36-18-10-9-17(19(26)20(18)27)34-22(30-31-32-34)16-11-13(25)12-29-21(16)28/h9-12,14-15H,5-8H2,1-4H3,(H2,28,29). The monoisotopic (exact) mass is 579 g/mol. The molecule has 3 aromatic rings. The lowest BCUT2D eigenvalue weighted by atomic mass is 9.92. The Morgan fingerprint density at radius 2 is 1.89 bits per heavy atom. The first-order chi connectivity index (χ1) is 17.4. The molecule has 1 fully saturated rings. The molecule has 0 saturated heterocycles. The number of rotatable bonds is 5. The highest BCUT2D eigenvalue weighted by molar-refractivity contribution is 9.10. The van der Waals surface area contributed by atoms with Crippen LogP contribution in [0.4, 0.5) is 19.4 Å². The third kappa shape index (κ3) is 5.97. The van der Waals surface area contributed by atoms with Crippen LogP contribution in [0.2, 0.25) is 0 Å². The second-order valence-electron chi connectivity index (χ2n) is 9.85. The van der Waals surface area contributed by atoms with Crippen molar-refractivity contribution in [3.63, 3.8) is 0 Å². The summed E-state index contributed by atoms with van der Waals surface area (Å²) in [5.74, 6) is -2.28. The van der Waals surface area contributed by atoms with Gasteiger partial charge in [0.15, 0.2) is 17.4 Å². The molecule has 2 heterocycles. The predicted octanol–water partition coefficient (Wildman–Crippen LogP) is 4.90. The minimum atomic E-state index is -1.16. The van der Waals surface area contributed by atoms with Crippen LogP contribution in [-0.4, -0.2) is 61.0 Å². The molecular formula is C24H28BrF2N7O3. The summed E-state index contributed by atoms with van der Waals surface area (Å²) in [6.45, 7) is 5.45. The molecule has 1 aliphatic carbocycles. The van der Waals surface area contributed by atoms with Gasteiger partial charge in [-0.2, -0.15) is 9.07 Å². The van der Waals surface area contributed by atoms with Gasteiger partial charge in [0.25, 0.3) is 0 Å². The van der Waals surface area contributed by atoms with Gasteiger partial charge in [0.1, 0.15) is 17.1 Å². The average molecular weight is 580 g/mol. The number of hydrogen-bond donors (Lipinski definition) is 1. The number of nitrogens with zero attached hydrogens (tertiary/aromatic N) is 6. The number of carbonyl (C=O) groups excluding carboxylic acids is 1. The molecule has 0 aliphatic heterocycles. The molecule has 0 atom stereocenters. The van der Waals surface area contributed by atoms with E-state index in [0.29, 0.717) is 35.7 Å². The summed E-state index contributed by atoms with van der Waals surface area (Å²) in [6.07, 6.45) is 3.25. The quantitative estimate of drug-likeness (QED) is 0.452. The van der Waals surface area contributed by atoms with Gasteiger partial charge in [-0.3, -0.25) is 0 Å². The van der Waals surface area contributed by atoms with E-state index in [1.54, 1.807) is 18.0 Å². The summed E-state index contributed by atoms with van der Waals surface area (Å²) in [5.41, 5.74) is 5.51. The molecule has 0 spiro atoms. The molecule has 2 N–H and O–H groups in total. The average Bonchev–Trinajstić information content (AvgIpc) is 3.32. The van der Waals surface area contributed by atoms with Crippen molar-refractivity contribution in [3.8, 4) is 22.8 Å². The van der Waals surface area contributed by atoms with E-state index in [9.17, 15) is 4.79 Å². The molecule has 13 heteroatoms. The Morgan fingerprint density at radius 3 is 2.57 bits per heavy atom. The Labute approximate surface area is 221 Å². The lowest BCUT2D eigenvalue weighted by Gasteiger charge is -2.35. The normalized spacial score (nSPS) is 17.9. The Hall–Kier alpha value is -3.35. The van der Waals surface area contributed by atoms with E-state index in [4.69, 9.17) is 15.2 Å². The number of anilines is 1. The zero-order valence-corrected chi connectivity index (χ0v) is 22.5. The first-order valence-corrected chi connectivity index (χ1v) is 12.5. The van der Waals surface area contributed by atoms with Crippen molar-refractivity contribution in [1.29, 1.82) is 0 Å². The van der Waals surface area contributed by atoms with Gasteiger partial charge in [0, 0.05) is 23.8 Å². The lowest BCUT2D eigenvalue weighted by Crippen LogP contribution is -2.43. The van der Waals surface area contributed by atoms with Crippen LogP contribution in [0.5, 0.6) is 5.75 Å². The first-order valence-electron chi connectivity index (χ1n) is 11.7. The zero-order valence-electron chi connectivity index (χ0n) is 20.9. The summed E-state index contributed by atoms with van der Waals surface area (Å²) < 4.78 is 43.1. The fourth-order valence-corrected chi connectivity index (χ4v) is 4.47. The predicted molar refractivity (Wildman–Crippen MR) is 135 cm³/mol. The number of halogens is 3. The Morgan fingerprint density at radius 1 is 1.19 bits per heavy atom. The highest BCUT2D eigenvalue weighted by atomic mass is 79.9. The molecule has 1 amide bonds. The minimum absolute atomic E-state index is 0.0168. The highest BCUT2D eigenvalue weighted by Gasteiger charge is 2.31. The number of hydrogen-bond acceptors (Lipinski definition) is 8. The van der Waals surface area contributed by atoms with Crippen LogP contribution in [0.1, 0.15) is 46.5 Å². The number of aromatic nitrogens is 5. The minimum Gasteiger partial charge on any atom is -0.487 e. The van der Waals surface area contributed by atoms with E-state index in [2.05, 4.69) is 36.4 Å². The lowest BCUT2D eigenvalue weighted by molar-refractivity contribution is 0.0137. The molecule has 1 aromatic carbocycles. The van der Waals surface area contributed by atoms with Gasteiger partial charge in [-0.1, -0.05) is 0 Å². The number of amides is 1. The third-order valence-electron chi connectivity index (χ3n) is 6.02. The maximum absolute atomic E-state index is 15.2. The van der Waals surface area contributed by atoms with Crippen molar-refractivity contribution in [1.82, 2.24) is 30.1 Å². The fraction of sp³-hybridized carbons (Fsp3) is 0.458.